The monoisotopic (exact) mass is 489 g/mol. The van der Waals surface area contributed by atoms with E-state index in [0.717, 1.165) is 60.9 Å². The van der Waals surface area contributed by atoms with Gasteiger partial charge in [-0.1, -0.05) is 36.8 Å². The molecule has 1 saturated heterocycles. The molecule has 0 radical (unpaired) electrons. The first kappa shape index (κ1) is 24.3. The Morgan fingerprint density at radius 3 is 2.39 bits per heavy atom. The lowest BCUT2D eigenvalue weighted by molar-refractivity contribution is -0.141. The molecule has 1 atom stereocenters. The summed E-state index contributed by atoms with van der Waals surface area (Å²) in [6, 6.07) is 15.7. The SMILES string of the molecule is C[C@H]1Oc2ccccc2CCCCC2(CCN(C(=O)Cn3nc4ccccc4n3)CC2)CN(C)C1=O. The number of amides is 2. The third-order valence-corrected chi connectivity index (χ3v) is 7.76. The van der Waals surface area contributed by atoms with Crippen molar-refractivity contribution in [3.8, 4) is 5.75 Å². The average Bonchev–Trinajstić information content (AvgIpc) is 3.29. The Labute approximate surface area is 212 Å². The number of aromatic nitrogens is 3. The van der Waals surface area contributed by atoms with Gasteiger partial charge in [0.05, 0.1) is 0 Å². The van der Waals surface area contributed by atoms with Gasteiger partial charge >= 0.3 is 0 Å². The highest BCUT2D eigenvalue weighted by molar-refractivity contribution is 5.81. The maximum absolute atomic E-state index is 13.2. The number of fused-ring (bicyclic) bond motifs is 2. The summed E-state index contributed by atoms with van der Waals surface area (Å²) in [7, 11) is 1.88. The first-order chi connectivity index (χ1) is 17.4. The fourth-order valence-corrected chi connectivity index (χ4v) is 5.69. The van der Waals surface area contributed by atoms with Crippen LogP contribution in [-0.4, -0.2) is 69.4 Å². The van der Waals surface area contributed by atoms with Gasteiger partial charge in [0.2, 0.25) is 5.91 Å². The van der Waals surface area contributed by atoms with Crippen molar-refractivity contribution in [1.82, 2.24) is 24.8 Å². The van der Waals surface area contributed by atoms with Crippen LogP contribution in [0.3, 0.4) is 0 Å². The Bertz CT molecular complexity index is 1200. The number of carbonyl (C=O) groups excluding carboxylic acids is 2. The number of ether oxygens (including phenoxy) is 1. The standard InChI is InChI=1S/C28H35N5O3/c1-21-27(35)31(2)20-28(14-8-7-10-22-9-3-6-13-25(22)36-21)15-17-32(18-16-28)26(34)19-33-29-23-11-4-5-12-24(23)30-33/h3-6,9,11-13,21H,7-8,10,14-20H2,1-2H3/t21-/m1/s1. The lowest BCUT2D eigenvalue weighted by atomic mass is 9.73. The minimum absolute atomic E-state index is 0.0000743. The predicted molar refractivity (Wildman–Crippen MR) is 137 cm³/mol. The quantitative estimate of drug-likeness (QED) is 0.549. The van der Waals surface area contributed by atoms with E-state index in [1.165, 1.54) is 4.80 Å². The summed E-state index contributed by atoms with van der Waals surface area (Å²) in [6.07, 6.45) is 5.40. The number of likely N-dealkylation sites (tertiary alicyclic amines) is 1. The molecule has 36 heavy (non-hydrogen) atoms. The average molecular weight is 490 g/mol. The van der Waals surface area contributed by atoms with Crippen LogP contribution in [0.1, 0.15) is 44.6 Å². The van der Waals surface area contributed by atoms with Crippen molar-refractivity contribution >= 4 is 22.8 Å². The lowest BCUT2D eigenvalue weighted by Crippen LogP contribution is -2.50. The van der Waals surface area contributed by atoms with Gasteiger partial charge in [-0.15, -0.1) is 0 Å². The molecule has 8 heteroatoms. The van der Waals surface area contributed by atoms with E-state index in [1.54, 1.807) is 0 Å². The van der Waals surface area contributed by atoms with Gasteiger partial charge in [0.15, 0.2) is 6.10 Å². The van der Waals surface area contributed by atoms with Gasteiger partial charge < -0.3 is 14.5 Å². The largest absolute Gasteiger partial charge is 0.481 e. The summed E-state index contributed by atoms with van der Waals surface area (Å²) in [6.45, 7) is 4.05. The zero-order valence-electron chi connectivity index (χ0n) is 21.2. The van der Waals surface area contributed by atoms with Gasteiger partial charge in [-0.05, 0) is 68.2 Å². The van der Waals surface area contributed by atoms with E-state index in [4.69, 9.17) is 4.74 Å². The highest BCUT2D eigenvalue weighted by Crippen LogP contribution is 2.38. The minimum Gasteiger partial charge on any atom is -0.481 e. The zero-order chi connectivity index (χ0) is 25.1. The number of benzene rings is 2. The van der Waals surface area contributed by atoms with Crippen molar-refractivity contribution in [3.05, 3.63) is 54.1 Å². The molecule has 2 aromatic carbocycles. The number of para-hydroxylation sites is 1. The van der Waals surface area contributed by atoms with Crippen molar-refractivity contribution in [2.24, 2.45) is 5.41 Å². The van der Waals surface area contributed by atoms with Crippen LogP contribution in [0.4, 0.5) is 0 Å². The second-order valence-electron chi connectivity index (χ2n) is 10.4. The van der Waals surface area contributed by atoms with Crippen LogP contribution in [-0.2, 0) is 22.6 Å². The number of hydrogen-bond donors (Lipinski definition) is 0. The summed E-state index contributed by atoms with van der Waals surface area (Å²) in [5.41, 5.74) is 2.77. The summed E-state index contributed by atoms with van der Waals surface area (Å²) >= 11 is 0. The first-order valence-corrected chi connectivity index (χ1v) is 13.0. The Morgan fingerprint density at radius 1 is 1.00 bits per heavy atom. The Kier molecular flexibility index (Phi) is 6.94. The molecule has 190 valence electrons. The number of likely N-dealkylation sites (N-methyl/N-ethyl adjacent to an activating group) is 1. The Morgan fingerprint density at radius 2 is 1.67 bits per heavy atom. The molecule has 2 amide bonds. The molecule has 8 nitrogen and oxygen atoms in total. The molecule has 2 aliphatic rings. The van der Waals surface area contributed by atoms with Gasteiger partial charge in [0, 0.05) is 26.7 Å². The van der Waals surface area contributed by atoms with Crippen LogP contribution in [0.2, 0.25) is 0 Å². The topological polar surface area (TPSA) is 80.6 Å². The van der Waals surface area contributed by atoms with E-state index >= 15 is 0 Å². The summed E-state index contributed by atoms with van der Waals surface area (Å²) in [5.74, 6) is 0.856. The van der Waals surface area contributed by atoms with Gasteiger partial charge in [-0.2, -0.15) is 15.0 Å². The minimum atomic E-state index is -0.536. The smallest absolute Gasteiger partial charge is 0.263 e. The summed E-state index contributed by atoms with van der Waals surface area (Å²) in [4.78, 5) is 31.5. The number of carbonyl (C=O) groups is 2. The molecule has 0 N–H and O–H groups in total. The fraction of sp³-hybridized carbons (Fsp3) is 0.500. The predicted octanol–water partition coefficient (Wildman–Crippen LogP) is 3.69. The van der Waals surface area contributed by atoms with E-state index < -0.39 is 6.10 Å². The fourth-order valence-electron chi connectivity index (χ4n) is 5.69. The molecular formula is C28H35N5O3. The number of aryl methyl sites for hydroxylation is 1. The van der Waals surface area contributed by atoms with Crippen LogP contribution in [0, 0.1) is 5.41 Å². The number of hydrogen-bond acceptors (Lipinski definition) is 5. The van der Waals surface area contributed by atoms with E-state index in [1.807, 2.05) is 66.2 Å². The molecule has 0 bridgehead atoms. The van der Waals surface area contributed by atoms with Crippen LogP contribution in [0.5, 0.6) is 5.75 Å². The van der Waals surface area contributed by atoms with Crippen molar-refractivity contribution in [3.63, 3.8) is 0 Å². The van der Waals surface area contributed by atoms with Gasteiger partial charge in [-0.3, -0.25) is 9.59 Å². The van der Waals surface area contributed by atoms with Gasteiger partial charge in [0.1, 0.15) is 23.3 Å². The summed E-state index contributed by atoms with van der Waals surface area (Å²) in [5, 5.41) is 8.87. The van der Waals surface area contributed by atoms with Crippen LogP contribution >= 0.6 is 0 Å². The molecule has 5 rings (SSSR count). The second-order valence-corrected chi connectivity index (χ2v) is 10.4. The molecule has 3 heterocycles. The highest BCUT2D eigenvalue weighted by atomic mass is 16.5. The maximum atomic E-state index is 13.2. The van der Waals surface area contributed by atoms with Crippen molar-refractivity contribution in [1.29, 1.82) is 0 Å². The normalized spacial score (nSPS) is 20.9. The molecule has 0 unspecified atom stereocenters. The molecule has 3 aromatic rings. The van der Waals surface area contributed by atoms with Crippen molar-refractivity contribution in [2.75, 3.05) is 26.7 Å². The molecule has 0 aliphatic carbocycles. The molecular weight excluding hydrogens is 454 g/mol. The van der Waals surface area contributed by atoms with Crippen LogP contribution in [0.15, 0.2) is 48.5 Å². The number of nitrogens with zero attached hydrogens (tertiary/aromatic N) is 5. The van der Waals surface area contributed by atoms with Gasteiger partial charge in [0.25, 0.3) is 5.91 Å². The molecule has 0 saturated carbocycles. The third kappa shape index (κ3) is 5.22. The molecule has 1 fully saturated rings. The molecule has 2 aliphatic heterocycles. The maximum Gasteiger partial charge on any atom is 0.263 e. The Hall–Kier alpha value is -3.42. The zero-order valence-corrected chi connectivity index (χ0v) is 21.2. The van der Waals surface area contributed by atoms with Crippen LogP contribution in [0.25, 0.3) is 11.0 Å². The van der Waals surface area contributed by atoms with E-state index in [0.29, 0.717) is 19.6 Å². The van der Waals surface area contributed by atoms with Crippen molar-refractivity contribution < 1.29 is 14.3 Å². The summed E-state index contributed by atoms with van der Waals surface area (Å²) < 4.78 is 6.10. The molecule has 1 spiro atoms. The number of piperidine rings is 1. The first-order valence-electron chi connectivity index (χ1n) is 13.0. The highest BCUT2D eigenvalue weighted by Gasteiger charge is 2.38. The van der Waals surface area contributed by atoms with E-state index in [9.17, 15) is 9.59 Å². The van der Waals surface area contributed by atoms with Crippen molar-refractivity contribution in [2.45, 2.75) is 58.1 Å². The Balaban J connectivity index is 1.25. The van der Waals surface area contributed by atoms with E-state index in [-0.39, 0.29) is 23.8 Å². The molecule has 1 aromatic heterocycles. The third-order valence-electron chi connectivity index (χ3n) is 7.76. The van der Waals surface area contributed by atoms with Gasteiger partial charge in [-0.25, -0.2) is 0 Å². The number of rotatable bonds is 2. The van der Waals surface area contributed by atoms with Crippen LogP contribution < -0.4 is 4.74 Å². The lowest BCUT2D eigenvalue weighted by Gasteiger charge is -2.44. The second kappa shape index (κ2) is 10.3. The van der Waals surface area contributed by atoms with E-state index in [2.05, 4.69) is 16.3 Å².